The lowest BCUT2D eigenvalue weighted by molar-refractivity contribution is -0.385. The summed E-state index contributed by atoms with van der Waals surface area (Å²) in [7, 11) is 0. The van der Waals surface area contributed by atoms with Crippen LogP contribution in [0.1, 0.15) is 16.7 Å². The minimum absolute atomic E-state index is 0.386. The van der Waals surface area contributed by atoms with Gasteiger partial charge in [0.05, 0.1) is 11.1 Å². The van der Waals surface area contributed by atoms with Crippen LogP contribution in [0.25, 0.3) is 0 Å². The second-order valence-electron chi connectivity index (χ2n) is 5.26. The molecule has 8 nitrogen and oxygen atoms in total. The first-order valence-electron chi connectivity index (χ1n) is 6.98. The Labute approximate surface area is 137 Å². The highest BCUT2D eigenvalue weighted by atomic mass is 16.6. The van der Waals surface area contributed by atoms with E-state index in [1.165, 1.54) is 0 Å². The van der Waals surface area contributed by atoms with Gasteiger partial charge in [-0.1, -0.05) is 6.07 Å². The molecule has 1 N–H and O–H groups in total. The summed E-state index contributed by atoms with van der Waals surface area (Å²) in [5, 5.41) is 22.4. The molecule has 1 aromatic heterocycles. The maximum Gasteiger partial charge on any atom is 0.287 e. The number of benzene rings is 1. The number of nitrogens with zero attached hydrogens (tertiary/aromatic N) is 3. The van der Waals surface area contributed by atoms with E-state index in [1.54, 1.807) is 18.2 Å². The molecule has 1 amide bonds. The summed E-state index contributed by atoms with van der Waals surface area (Å²) in [4.78, 5) is 34.2. The van der Waals surface area contributed by atoms with E-state index in [-0.39, 0.29) is 5.56 Å². The second-order valence-corrected chi connectivity index (χ2v) is 5.26. The van der Waals surface area contributed by atoms with Gasteiger partial charge in [-0.05, 0) is 37.1 Å². The lowest BCUT2D eigenvalue weighted by Gasteiger charge is -2.09. The van der Waals surface area contributed by atoms with Gasteiger partial charge in [0.25, 0.3) is 11.2 Å². The van der Waals surface area contributed by atoms with E-state index in [0.29, 0.717) is 5.69 Å². The number of aryl methyl sites for hydroxylation is 2. The average molecular weight is 326 g/mol. The number of nitriles is 1. The van der Waals surface area contributed by atoms with Gasteiger partial charge in [-0.2, -0.15) is 5.26 Å². The van der Waals surface area contributed by atoms with Crippen molar-refractivity contribution in [3.63, 3.8) is 0 Å². The van der Waals surface area contributed by atoms with Crippen molar-refractivity contribution in [2.24, 2.45) is 0 Å². The molecule has 2 aromatic rings. The second kappa shape index (κ2) is 6.75. The van der Waals surface area contributed by atoms with Gasteiger partial charge in [-0.15, -0.1) is 0 Å². The van der Waals surface area contributed by atoms with Crippen molar-refractivity contribution in [3.8, 4) is 6.07 Å². The topological polar surface area (TPSA) is 118 Å². The molecule has 0 aliphatic carbocycles. The fourth-order valence-corrected chi connectivity index (χ4v) is 2.09. The maximum absolute atomic E-state index is 12.1. The molecule has 0 unspecified atom stereocenters. The number of hydrogen-bond acceptors (Lipinski definition) is 5. The predicted molar refractivity (Wildman–Crippen MR) is 86.6 cm³/mol. The first-order chi connectivity index (χ1) is 11.3. The Morgan fingerprint density at radius 3 is 2.62 bits per heavy atom. The average Bonchev–Trinajstić information content (AvgIpc) is 2.52. The van der Waals surface area contributed by atoms with E-state index in [1.807, 2.05) is 19.9 Å². The smallest absolute Gasteiger partial charge is 0.287 e. The van der Waals surface area contributed by atoms with Crippen LogP contribution in [0.5, 0.6) is 0 Å². The molecule has 0 saturated carbocycles. The van der Waals surface area contributed by atoms with Crippen LogP contribution in [-0.4, -0.2) is 15.4 Å². The molecule has 1 aromatic carbocycles. The Morgan fingerprint density at radius 1 is 1.33 bits per heavy atom. The predicted octanol–water partition coefficient (Wildman–Crippen LogP) is 1.88. The number of carbonyl (C=O) groups is 1. The summed E-state index contributed by atoms with van der Waals surface area (Å²) < 4.78 is 0.854. The molecule has 24 heavy (non-hydrogen) atoms. The van der Waals surface area contributed by atoms with Crippen LogP contribution in [0.3, 0.4) is 0 Å². The molecular formula is C16H14N4O4. The van der Waals surface area contributed by atoms with E-state index >= 15 is 0 Å². The van der Waals surface area contributed by atoms with Gasteiger partial charge in [0, 0.05) is 11.8 Å². The quantitative estimate of drug-likeness (QED) is 0.680. The number of nitro groups is 1. The molecule has 1 heterocycles. The monoisotopic (exact) mass is 326 g/mol. The van der Waals surface area contributed by atoms with Crippen LogP contribution in [-0.2, 0) is 11.3 Å². The van der Waals surface area contributed by atoms with Crippen LogP contribution in [0.15, 0.2) is 35.3 Å². The van der Waals surface area contributed by atoms with E-state index in [9.17, 15) is 19.7 Å². The number of nitrogens with one attached hydrogen (secondary N) is 1. The molecule has 0 radical (unpaired) electrons. The Balaban J connectivity index is 2.27. The molecule has 0 atom stereocenters. The number of anilines is 1. The SMILES string of the molecule is Cc1ccc(NC(=O)Cn2cc([N+](=O)[O-])cc(C#N)c2=O)cc1C. The van der Waals surface area contributed by atoms with E-state index in [2.05, 4.69) is 5.32 Å². The lowest BCUT2D eigenvalue weighted by atomic mass is 10.1. The molecule has 0 spiro atoms. The highest BCUT2D eigenvalue weighted by molar-refractivity contribution is 5.90. The fraction of sp³-hybridized carbons (Fsp3) is 0.188. The summed E-state index contributed by atoms with van der Waals surface area (Å²) in [5.41, 5.74) is 1.06. The Bertz CT molecular complexity index is 925. The summed E-state index contributed by atoms with van der Waals surface area (Å²) in [5.74, 6) is -0.523. The standard InChI is InChI=1S/C16H14N4O4/c1-10-3-4-13(5-11(10)2)18-15(21)9-19-8-14(20(23)24)6-12(7-17)16(19)22/h3-6,8H,9H2,1-2H3,(H,18,21). The van der Waals surface area contributed by atoms with E-state index in [4.69, 9.17) is 5.26 Å². The maximum atomic E-state index is 12.1. The van der Waals surface area contributed by atoms with Gasteiger partial charge < -0.3 is 5.32 Å². The molecule has 0 bridgehead atoms. The minimum atomic E-state index is -0.752. The molecule has 0 fully saturated rings. The zero-order chi connectivity index (χ0) is 17.9. The van der Waals surface area contributed by atoms with Crippen LogP contribution >= 0.6 is 0 Å². The molecule has 122 valence electrons. The van der Waals surface area contributed by atoms with Crippen molar-refractivity contribution in [2.75, 3.05) is 5.32 Å². The van der Waals surface area contributed by atoms with Crippen LogP contribution in [0.2, 0.25) is 0 Å². The lowest BCUT2D eigenvalue weighted by Crippen LogP contribution is -2.29. The molecule has 0 aliphatic heterocycles. The Hall–Kier alpha value is -3.47. The number of pyridine rings is 1. The summed E-state index contributed by atoms with van der Waals surface area (Å²) in [6, 6.07) is 7.83. The number of aromatic nitrogens is 1. The van der Waals surface area contributed by atoms with Crippen LogP contribution < -0.4 is 10.9 Å². The van der Waals surface area contributed by atoms with Crippen molar-refractivity contribution in [1.29, 1.82) is 5.26 Å². The molecule has 2 rings (SSSR count). The summed E-state index contributed by atoms with van der Waals surface area (Å²) in [6.07, 6.45) is 0.948. The third-order valence-corrected chi connectivity index (χ3v) is 3.51. The minimum Gasteiger partial charge on any atom is -0.325 e. The van der Waals surface area contributed by atoms with E-state index in [0.717, 1.165) is 28.0 Å². The number of amides is 1. The summed E-state index contributed by atoms with van der Waals surface area (Å²) >= 11 is 0. The normalized spacial score (nSPS) is 10.0. The fourth-order valence-electron chi connectivity index (χ4n) is 2.09. The Morgan fingerprint density at radius 2 is 2.04 bits per heavy atom. The van der Waals surface area contributed by atoms with Gasteiger partial charge in [-0.25, -0.2) is 0 Å². The van der Waals surface area contributed by atoms with Gasteiger partial charge >= 0.3 is 0 Å². The number of hydrogen-bond donors (Lipinski definition) is 1. The van der Waals surface area contributed by atoms with Crippen LogP contribution in [0.4, 0.5) is 11.4 Å². The van der Waals surface area contributed by atoms with Crippen molar-refractivity contribution in [2.45, 2.75) is 20.4 Å². The first kappa shape index (κ1) is 16.9. The third-order valence-electron chi connectivity index (χ3n) is 3.51. The van der Waals surface area contributed by atoms with Crippen molar-refractivity contribution in [1.82, 2.24) is 4.57 Å². The van der Waals surface area contributed by atoms with Gasteiger partial charge in [-0.3, -0.25) is 24.3 Å². The van der Waals surface area contributed by atoms with Gasteiger partial charge in [0.15, 0.2) is 0 Å². The zero-order valence-corrected chi connectivity index (χ0v) is 13.1. The highest BCUT2D eigenvalue weighted by Gasteiger charge is 2.15. The van der Waals surface area contributed by atoms with Gasteiger partial charge in [0.1, 0.15) is 18.2 Å². The summed E-state index contributed by atoms with van der Waals surface area (Å²) in [6.45, 7) is 3.41. The third kappa shape index (κ3) is 3.64. The first-order valence-corrected chi connectivity index (χ1v) is 6.98. The zero-order valence-electron chi connectivity index (χ0n) is 13.1. The molecule has 0 saturated heterocycles. The van der Waals surface area contributed by atoms with Crippen LogP contribution in [0, 0.1) is 35.3 Å². The molecular weight excluding hydrogens is 312 g/mol. The van der Waals surface area contributed by atoms with Crippen molar-refractivity contribution in [3.05, 3.63) is 67.6 Å². The molecule has 8 heteroatoms. The highest BCUT2D eigenvalue weighted by Crippen LogP contribution is 2.14. The largest absolute Gasteiger partial charge is 0.325 e. The van der Waals surface area contributed by atoms with E-state index < -0.39 is 28.6 Å². The Kier molecular flexibility index (Phi) is 4.75. The van der Waals surface area contributed by atoms with Crippen molar-refractivity contribution < 1.29 is 9.72 Å². The number of carbonyl (C=O) groups excluding carboxylic acids is 1. The van der Waals surface area contributed by atoms with Gasteiger partial charge in [0.2, 0.25) is 5.91 Å². The molecule has 0 aliphatic rings. The number of rotatable bonds is 4. The van der Waals surface area contributed by atoms with Crippen molar-refractivity contribution >= 4 is 17.3 Å².